The summed E-state index contributed by atoms with van der Waals surface area (Å²) in [5.41, 5.74) is 2.86. The highest BCUT2D eigenvalue weighted by Crippen LogP contribution is 2.44. The van der Waals surface area contributed by atoms with Crippen LogP contribution in [0.4, 0.5) is 18.9 Å². The molecule has 0 radical (unpaired) electrons. The molecule has 5 nitrogen and oxygen atoms in total. The molecule has 5 rings (SSSR count). The highest BCUT2D eigenvalue weighted by molar-refractivity contribution is 6.48. The number of aliphatic hydroxyl groups excluding tert-OH is 1. The van der Waals surface area contributed by atoms with Crippen molar-refractivity contribution in [2.75, 3.05) is 44.8 Å². The SMILES string of the molecule is C[C@@H]1Cc2c([nH]c3ccccc23)[C@@H](c2c(F)cc(NC3CN(CCCF)C3)cc2F)N1CC(Cl)(Cl)CO. The lowest BCUT2D eigenvalue weighted by Gasteiger charge is -2.43. The van der Waals surface area contributed by atoms with Crippen molar-refractivity contribution in [3.05, 3.63) is 64.9 Å². The summed E-state index contributed by atoms with van der Waals surface area (Å²) >= 11 is 12.7. The average Bonchev–Trinajstić information content (AvgIpc) is 3.19. The van der Waals surface area contributed by atoms with Gasteiger partial charge in [-0.3, -0.25) is 14.2 Å². The van der Waals surface area contributed by atoms with E-state index < -0.39 is 28.6 Å². The number of halogens is 5. The number of nitrogens with one attached hydrogen (secondary N) is 2. The van der Waals surface area contributed by atoms with E-state index in [9.17, 15) is 9.50 Å². The number of hydrogen-bond donors (Lipinski definition) is 3. The summed E-state index contributed by atoms with van der Waals surface area (Å²) < 4.78 is 42.5. The zero-order valence-corrected chi connectivity index (χ0v) is 22.1. The highest BCUT2D eigenvalue weighted by Gasteiger charge is 2.42. The second-order valence-corrected chi connectivity index (χ2v) is 11.8. The molecule has 1 aromatic heterocycles. The molecule has 2 atom stereocenters. The maximum absolute atomic E-state index is 15.8. The van der Waals surface area contributed by atoms with E-state index in [1.54, 1.807) is 0 Å². The van der Waals surface area contributed by atoms with E-state index in [4.69, 9.17) is 23.2 Å². The Hall–Kier alpha value is -1.97. The Morgan fingerprint density at radius 3 is 2.54 bits per heavy atom. The summed E-state index contributed by atoms with van der Waals surface area (Å²) in [4.78, 5) is 7.35. The molecule has 2 aromatic carbocycles. The molecule has 0 aliphatic carbocycles. The summed E-state index contributed by atoms with van der Waals surface area (Å²) in [6, 6.07) is 9.52. The summed E-state index contributed by atoms with van der Waals surface area (Å²) in [6.07, 6.45) is 1.12. The van der Waals surface area contributed by atoms with Crippen LogP contribution < -0.4 is 5.32 Å². The van der Waals surface area contributed by atoms with Crippen molar-refractivity contribution in [1.82, 2.24) is 14.8 Å². The first-order chi connectivity index (χ1) is 17.7. The lowest BCUT2D eigenvalue weighted by molar-refractivity contribution is 0.124. The normalized spacial score (nSPS) is 21.3. The minimum absolute atomic E-state index is 0.0168. The van der Waals surface area contributed by atoms with Crippen LogP contribution in [0.15, 0.2) is 36.4 Å². The van der Waals surface area contributed by atoms with Crippen LogP contribution in [-0.4, -0.2) is 75.8 Å². The van der Waals surface area contributed by atoms with Crippen LogP contribution in [0.3, 0.4) is 0 Å². The van der Waals surface area contributed by atoms with Crippen LogP contribution in [0.25, 0.3) is 10.9 Å². The Morgan fingerprint density at radius 1 is 1.16 bits per heavy atom. The van der Waals surface area contributed by atoms with Gasteiger partial charge >= 0.3 is 0 Å². The number of H-pyrrole nitrogens is 1. The van der Waals surface area contributed by atoms with Crippen molar-refractivity contribution >= 4 is 39.8 Å². The fourth-order valence-electron chi connectivity index (χ4n) is 5.67. The van der Waals surface area contributed by atoms with Crippen molar-refractivity contribution in [3.63, 3.8) is 0 Å². The number of nitrogens with zero attached hydrogens (tertiary/aromatic N) is 2. The molecular weight excluding hydrogens is 524 g/mol. The van der Waals surface area contributed by atoms with E-state index in [2.05, 4.69) is 15.2 Å². The molecule has 37 heavy (non-hydrogen) atoms. The fourth-order valence-corrected chi connectivity index (χ4v) is 5.95. The minimum Gasteiger partial charge on any atom is -0.393 e. The second-order valence-electron chi connectivity index (χ2n) is 10.2. The molecule has 10 heteroatoms. The maximum atomic E-state index is 15.8. The number of aromatic amines is 1. The van der Waals surface area contributed by atoms with Crippen molar-refractivity contribution in [1.29, 1.82) is 0 Å². The summed E-state index contributed by atoms with van der Waals surface area (Å²) in [6.45, 7) is 3.21. The lowest BCUT2D eigenvalue weighted by Crippen LogP contribution is -2.54. The number of fused-ring (bicyclic) bond motifs is 3. The van der Waals surface area contributed by atoms with Crippen molar-refractivity contribution in [2.24, 2.45) is 0 Å². The van der Waals surface area contributed by atoms with Gasteiger partial charge in [0.1, 0.15) is 11.6 Å². The van der Waals surface area contributed by atoms with Gasteiger partial charge in [-0.1, -0.05) is 41.4 Å². The number of rotatable bonds is 9. The van der Waals surface area contributed by atoms with Gasteiger partial charge in [-0.15, -0.1) is 0 Å². The van der Waals surface area contributed by atoms with Crippen LogP contribution in [-0.2, 0) is 6.42 Å². The maximum Gasteiger partial charge on any atom is 0.153 e. The third-order valence-electron chi connectivity index (χ3n) is 7.45. The van der Waals surface area contributed by atoms with Gasteiger partial charge in [0.05, 0.1) is 25.4 Å². The molecule has 3 N–H and O–H groups in total. The van der Waals surface area contributed by atoms with E-state index in [1.807, 2.05) is 36.1 Å². The van der Waals surface area contributed by atoms with E-state index in [-0.39, 0.29) is 30.9 Å². The van der Waals surface area contributed by atoms with Gasteiger partial charge < -0.3 is 15.4 Å². The molecule has 2 aliphatic heterocycles. The molecule has 2 aliphatic rings. The highest BCUT2D eigenvalue weighted by atomic mass is 35.5. The molecule has 0 amide bonds. The smallest absolute Gasteiger partial charge is 0.153 e. The Morgan fingerprint density at radius 2 is 1.86 bits per heavy atom. The van der Waals surface area contributed by atoms with Crippen LogP contribution in [0, 0.1) is 11.6 Å². The molecule has 0 unspecified atom stereocenters. The molecule has 200 valence electrons. The van der Waals surface area contributed by atoms with E-state index >= 15 is 8.78 Å². The van der Waals surface area contributed by atoms with Crippen molar-refractivity contribution in [3.8, 4) is 0 Å². The van der Waals surface area contributed by atoms with Gasteiger partial charge in [0.15, 0.2) is 4.33 Å². The van der Waals surface area contributed by atoms with Gasteiger partial charge in [-0.2, -0.15) is 0 Å². The van der Waals surface area contributed by atoms with Crippen molar-refractivity contribution in [2.45, 2.75) is 42.2 Å². The predicted molar refractivity (Wildman–Crippen MR) is 142 cm³/mol. The molecule has 3 aromatic rings. The zero-order valence-electron chi connectivity index (χ0n) is 20.6. The number of benzene rings is 2. The third kappa shape index (κ3) is 5.32. The first kappa shape index (κ1) is 26.6. The van der Waals surface area contributed by atoms with Gasteiger partial charge in [0.2, 0.25) is 0 Å². The van der Waals surface area contributed by atoms with Gasteiger partial charge in [-0.25, -0.2) is 8.78 Å². The first-order valence-electron chi connectivity index (χ1n) is 12.6. The summed E-state index contributed by atoms with van der Waals surface area (Å²) in [7, 11) is 0. The van der Waals surface area contributed by atoms with Gasteiger partial charge in [-0.05, 0) is 43.5 Å². The third-order valence-corrected chi connectivity index (χ3v) is 7.93. The number of alkyl halides is 3. The van der Waals surface area contributed by atoms with Crippen LogP contribution in [0.1, 0.15) is 36.2 Å². The largest absolute Gasteiger partial charge is 0.393 e. The molecule has 0 bridgehead atoms. The number of aromatic nitrogens is 1. The molecule has 3 heterocycles. The predicted octanol–water partition coefficient (Wildman–Crippen LogP) is 5.40. The fraction of sp³-hybridized carbons (Fsp3) is 0.481. The van der Waals surface area contributed by atoms with Gasteiger partial charge in [0, 0.05) is 60.1 Å². The Balaban J connectivity index is 1.50. The first-order valence-corrected chi connectivity index (χ1v) is 13.3. The van der Waals surface area contributed by atoms with Crippen LogP contribution in [0.2, 0.25) is 0 Å². The molecule has 0 spiro atoms. The number of anilines is 1. The van der Waals surface area contributed by atoms with E-state index in [0.717, 1.165) is 16.5 Å². The summed E-state index contributed by atoms with van der Waals surface area (Å²) in [5.74, 6) is -1.35. The number of aliphatic hydroxyl groups is 1. The Labute approximate surface area is 224 Å². The van der Waals surface area contributed by atoms with Crippen LogP contribution >= 0.6 is 23.2 Å². The standard InChI is InChI=1S/C27H31Cl2F3N4O/c1-16-9-20-19-5-2-3-6-23(19)34-25(20)26(36(16)14-27(28,29)15-37)24-21(31)10-17(11-22(24)32)33-18-12-35(13-18)8-4-7-30/h2-3,5-6,10-11,16,18,26,33-34,37H,4,7-9,12-15H2,1H3/t16-,26-/m1/s1. The lowest BCUT2D eigenvalue weighted by atomic mass is 9.87. The quantitative estimate of drug-likeness (QED) is 0.310. The molecule has 1 saturated heterocycles. The van der Waals surface area contributed by atoms with E-state index in [0.29, 0.717) is 43.9 Å². The number of hydrogen-bond acceptors (Lipinski definition) is 4. The topological polar surface area (TPSA) is 54.5 Å². The number of para-hydroxylation sites is 1. The molecular formula is C27H31Cl2F3N4O. The summed E-state index contributed by atoms with van der Waals surface area (Å²) in [5, 5.41) is 13.9. The van der Waals surface area contributed by atoms with E-state index in [1.165, 1.54) is 12.1 Å². The molecule has 0 saturated carbocycles. The second kappa shape index (κ2) is 10.7. The van der Waals surface area contributed by atoms with Gasteiger partial charge in [0.25, 0.3) is 0 Å². The Bertz CT molecular complexity index is 1240. The Kier molecular flexibility index (Phi) is 7.67. The van der Waals surface area contributed by atoms with Crippen molar-refractivity contribution < 1.29 is 18.3 Å². The average molecular weight is 555 g/mol. The zero-order chi connectivity index (χ0) is 26.3. The minimum atomic E-state index is -1.50. The van der Waals surface area contributed by atoms with Crippen LogP contribution in [0.5, 0.6) is 0 Å². The number of likely N-dealkylation sites (tertiary alicyclic amines) is 1. The monoisotopic (exact) mass is 554 g/mol. The molecule has 1 fully saturated rings.